The molecule has 0 bridgehead atoms. The molecule has 84 heavy (non-hydrogen) atoms. The first-order chi connectivity index (χ1) is 40.7. The number of pyridine rings is 5. The number of rotatable bonds is 8. The average Bonchev–Trinajstić information content (AvgIpc) is 2.72. The summed E-state index contributed by atoms with van der Waals surface area (Å²) < 4.78 is 27.0. The topological polar surface area (TPSA) is 185 Å². The molecule has 19 nitrogen and oxygen atoms in total. The van der Waals surface area contributed by atoms with Crippen molar-refractivity contribution in [2.75, 3.05) is 101 Å². The van der Waals surface area contributed by atoms with Crippen molar-refractivity contribution in [3.05, 3.63) is 183 Å². The number of anilines is 3. The number of likely N-dealkylation sites (N-methyl/N-ethyl adjacent to an activating group) is 1. The number of aromatic nitrogens is 6. The van der Waals surface area contributed by atoms with Crippen LogP contribution in [0.5, 0.6) is 11.5 Å². The number of ether oxygens (including phenoxy) is 2. The molecule has 8 aromatic heterocycles. The molecule has 2 atom stereocenters. The molecule has 3 aliphatic heterocycles. The standard InChI is InChI=1S/2C22H22N4O2.C21H24N4O3/c1-15-23-20-6-3-16(12-21(20)28-15)17-11-18-4-5-19(14-26(18)22(27)13-17)25-9-7-24(2)8-10-25;1-14-12-25(8-7-23-14)19-5-4-18-9-17(11-22(27)26(18)13-19)16-3-6-20-21(10-16)28-15(2)24-20;1-14-12-22-8-9-24(14)16-5-7-20-23-17(11-21(26)25(20)13-16)15-4-6-18(27-2)19(10-15)28-3/h3-6,11-14H,7-10H2,1-2H3;3-6,9-11,13-14,23H,7-8,12H2,1-2H3;4-7,10-11,13-14,22H,8-9,12H2,1-3H3/t;2*14-/m.01/s1. The van der Waals surface area contributed by atoms with Crippen LogP contribution in [0.3, 0.4) is 0 Å². The molecule has 19 heteroatoms. The summed E-state index contributed by atoms with van der Waals surface area (Å²) in [5, 5.41) is 6.83. The van der Waals surface area contributed by atoms with E-state index >= 15 is 0 Å². The smallest absolute Gasteiger partial charge is 0.258 e. The van der Waals surface area contributed by atoms with E-state index in [1.165, 1.54) is 0 Å². The summed E-state index contributed by atoms with van der Waals surface area (Å²) in [6.45, 7) is 17.7. The van der Waals surface area contributed by atoms with Crippen LogP contribution >= 0.6 is 0 Å². The Morgan fingerprint density at radius 3 is 1.69 bits per heavy atom. The van der Waals surface area contributed by atoms with Crippen LogP contribution in [0.1, 0.15) is 25.6 Å². The van der Waals surface area contributed by atoms with Crippen molar-refractivity contribution < 1.29 is 18.3 Å². The van der Waals surface area contributed by atoms with E-state index in [4.69, 9.17) is 18.3 Å². The van der Waals surface area contributed by atoms with E-state index in [-0.39, 0.29) is 16.7 Å². The van der Waals surface area contributed by atoms with Gasteiger partial charge in [0, 0.05) is 145 Å². The van der Waals surface area contributed by atoms with Gasteiger partial charge < -0.3 is 48.5 Å². The molecule has 430 valence electrons. The lowest BCUT2D eigenvalue weighted by Crippen LogP contribution is -2.50. The van der Waals surface area contributed by atoms with Gasteiger partial charge in [0.1, 0.15) is 16.7 Å². The molecule has 3 aliphatic rings. The number of nitrogens with zero attached hydrogens (tertiary/aromatic N) is 10. The summed E-state index contributed by atoms with van der Waals surface area (Å²) in [5.41, 5.74) is 13.6. The van der Waals surface area contributed by atoms with E-state index in [0.29, 0.717) is 46.7 Å². The van der Waals surface area contributed by atoms with Crippen molar-refractivity contribution in [1.82, 2.24) is 43.7 Å². The second-order valence-electron chi connectivity index (χ2n) is 21.9. The van der Waals surface area contributed by atoms with E-state index in [1.54, 1.807) is 45.6 Å². The number of benzene rings is 3. The Bertz CT molecular complexity index is 4420. The first-order valence-electron chi connectivity index (χ1n) is 28.5. The second-order valence-corrected chi connectivity index (χ2v) is 21.9. The minimum atomic E-state index is -0.112. The number of piperazine rings is 3. The summed E-state index contributed by atoms with van der Waals surface area (Å²) in [5.74, 6) is 2.52. The highest BCUT2D eigenvalue weighted by molar-refractivity contribution is 5.83. The van der Waals surface area contributed by atoms with Gasteiger partial charge in [-0.3, -0.25) is 27.6 Å². The largest absolute Gasteiger partial charge is 0.493 e. The zero-order valence-electron chi connectivity index (χ0n) is 48.3. The van der Waals surface area contributed by atoms with Gasteiger partial charge in [-0.25, -0.2) is 15.0 Å². The Morgan fingerprint density at radius 2 is 1.10 bits per heavy atom. The molecule has 0 unspecified atom stereocenters. The number of hydrogen-bond acceptors (Lipinski definition) is 16. The molecular weight excluding hydrogens is 1060 g/mol. The van der Waals surface area contributed by atoms with Gasteiger partial charge in [0.15, 0.2) is 34.4 Å². The monoisotopic (exact) mass is 1130 g/mol. The molecule has 3 fully saturated rings. The van der Waals surface area contributed by atoms with E-state index in [1.807, 2.05) is 123 Å². The number of aryl methyl sites for hydroxylation is 2. The summed E-state index contributed by atoms with van der Waals surface area (Å²) >= 11 is 0. The molecular formula is C65H68N12O7. The molecule has 0 amide bonds. The van der Waals surface area contributed by atoms with Crippen molar-refractivity contribution in [2.45, 2.75) is 39.8 Å². The average molecular weight is 1130 g/mol. The van der Waals surface area contributed by atoms with Crippen LogP contribution in [-0.2, 0) is 0 Å². The maximum Gasteiger partial charge on any atom is 0.258 e. The first-order valence-corrected chi connectivity index (χ1v) is 28.5. The molecule has 0 spiro atoms. The van der Waals surface area contributed by atoms with Crippen LogP contribution < -0.4 is 51.5 Å². The molecule has 14 rings (SSSR count). The summed E-state index contributed by atoms with van der Waals surface area (Å²) in [7, 11) is 5.32. The number of nitrogens with one attached hydrogen (secondary N) is 2. The predicted molar refractivity (Wildman–Crippen MR) is 332 cm³/mol. The highest BCUT2D eigenvalue weighted by atomic mass is 16.5. The van der Waals surface area contributed by atoms with E-state index in [0.717, 1.165) is 144 Å². The normalized spacial score (nSPS) is 16.7. The van der Waals surface area contributed by atoms with Crippen LogP contribution in [0.25, 0.3) is 72.4 Å². The third-order valence-corrected chi connectivity index (χ3v) is 16.0. The summed E-state index contributed by atoms with van der Waals surface area (Å²) in [6, 6.07) is 39.2. The first kappa shape index (κ1) is 55.2. The maximum absolute atomic E-state index is 12.8. The van der Waals surface area contributed by atoms with Gasteiger partial charge in [-0.15, -0.1) is 0 Å². The number of hydrogen-bond donors (Lipinski definition) is 2. The van der Waals surface area contributed by atoms with Gasteiger partial charge in [-0.05, 0) is 134 Å². The zero-order valence-corrected chi connectivity index (χ0v) is 48.3. The fraction of sp³-hybridized carbons (Fsp3) is 0.292. The molecule has 0 saturated carbocycles. The van der Waals surface area contributed by atoms with Crippen LogP contribution in [-0.4, -0.2) is 132 Å². The van der Waals surface area contributed by atoms with E-state index < -0.39 is 0 Å². The minimum Gasteiger partial charge on any atom is -0.493 e. The Balaban J connectivity index is 0.000000124. The van der Waals surface area contributed by atoms with Crippen LogP contribution in [0.15, 0.2) is 163 Å². The van der Waals surface area contributed by atoms with Crippen molar-refractivity contribution in [2.24, 2.45) is 0 Å². The quantitative estimate of drug-likeness (QED) is 0.147. The molecule has 0 radical (unpaired) electrons. The third-order valence-electron chi connectivity index (χ3n) is 16.0. The number of oxazole rings is 2. The Labute approximate surface area is 484 Å². The van der Waals surface area contributed by atoms with Crippen molar-refractivity contribution in [3.8, 4) is 45.0 Å². The lowest BCUT2D eigenvalue weighted by molar-refractivity contribution is 0.313. The van der Waals surface area contributed by atoms with Gasteiger partial charge >= 0.3 is 0 Å². The molecule has 3 saturated heterocycles. The lowest BCUT2D eigenvalue weighted by atomic mass is 10.1. The highest BCUT2D eigenvalue weighted by Crippen LogP contribution is 2.33. The van der Waals surface area contributed by atoms with Crippen molar-refractivity contribution in [3.63, 3.8) is 0 Å². The molecule has 11 aromatic rings. The predicted octanol–water partition coefficient (Wildman–Crippen LogP) is 8.56. The third kappa shape index (κ3) is 11.6. The van der Waals surface area contributed by atoms with Crippen LogP contribution in [0, 0.1) is 13.8 Å². The Morgan fingerprint density at radius 1 is 0.524 bits per heavy atom. The van der Waals surface area contributed by atoms with Crippen LogP contribution in [0.2, 0.25) is 0 Å². The van der Waals surface area contributed by atoms with E-state index in [2.05, 4.69) is 78.2 Å². The summed E-state index contributed by atoms with van der Waals surface area (Å²) in [6.07, 6.45) is 5.78. The number of fused-ring (bicyclic) bond motifs is 5. The molecule has 0 aliphatic carbocycles. The van der Waals surface area contributed by atoms with E-state index in [9.17, 15) is 14.4 Å². The van der Waals surface area contributed by atoms with Crippen molar-refractivity contribution >= 4 is 55.9 Å². The Hall–Kier alpha value is -9.30. The molecule has 2 N–H and O–H groups in total. The van der Waals surface area contributed by atoms with Gasteiger partial charge in [0.2, 0.25) is 0 Å². The molecule has 11 heterocycles. The number of methoxy groups -OCH3 is 2. The Kier molecular flexibility index (Phi) is 15.5. The second kappa shape index (κ2) is 23.5. The van der Waals surface area contributed by atoms with Gasteiger partial charge in [-0.2, -0.15) is 0 Å². The fourth-order valence-corrected chi connectivity index (χ4v) is 11.4. The fourth-order valence-electron chi connectivity index (χ4n) is 11.4. The summed E-state index contributed by atoms with van der Waals surface area (Å²) in [4.78, 5) is 61.1. The van der Waals surface area contributed by atoms with Crippen LogP contribution in [0.4, 0.5) is 17.1 Å². The maximum atomic E-state index is 12.8. The lowest BCUT2D eigenvalue weighted by Gasteiger charge is -2.35. The highest BCUT2D eigenvalue weighted by Gasteiger charge is 2.21. The SMILES string of the molecule is COc1ccc(-c2cc(=O)n3cc(N4CCNC[C@H]4C)ccc3n2)cc1OC.Cc1nc2ccc(-c3cc(=O)n4cc(N5CCN(C)CC5)ccc4c3)cc2o1.Cc1nc2ccc(-c3cc(=O)n4cc(N5CCN[C@@H](C)C5)ccc4c3)cc2o1. The van der Waals surface area contributed by atoms with Gasteiger partial charge in [0.05, 0.1) is 37.0 Å². The minimum absolute atomic E-state index is 0.0303. The van der Waals surface area contributed by atoms with Crippen molar-refractivity contribution in [1.29, 1.82) is 0 Å². The van der Waals surface area contributed by atoms with Gasteiger partial charge in [-0.1, -0.05) is 12.1 Å². The molecule has 3 aromatic carbocycles. The zero-order chi connectivity index (χ0) is 58.2. The van der Waals surface area contributed by atoms with Gasteiger partial charge in [0.25, 0.3) is 16.7 Å².